The topological polar surface area (TPSA) is 158 Å². The Morgan fingerprint density at radius 2 is 1.70 bits per heavy atom. The van der Waals surface area contributed by atoms with Gasteiger partial charge in [-0.2, -0.15) is 0 Å². The molecule has 5 unspecified atom stereocenters. The van der Waals surface area contributed by atoms with Crippen LogP contribution in [0.3, 0.4) is 0 Å². The molecule has 3 amide bonds. The van der Waals surface area contributed by atoms with E-state index in [0.717, 1.165) is 59.1 Å². The number of carbonyl (C=O) groups is 3. The van der Waals surface area contributed by atoms with Crippen molar-refractivity contribution in [1.29, 1.82) is 0 Å². The molecule has 5 aromatic rings. The number of aromatic nitrogens is 5. The minimum atomic E-state index is -0.656. The monoisotopic (exact) mass is 768 g/mol. The maximum Gasteiger partial charge on any atom is 0.407 e. The molecule has 4 aliphatic rings. The van der Waals surface area contributed by atoms with E-state index in [9.17, 15) is 14.4 Å². The van der Waals surface area contributed by atoms with Crippen molar-refractivity contribution in [3.63, 3.8) is 0 Å². The summed E-state index contributed by atoms with van der Waals surface area (Å²) in [5.74, 6) is 2.86. The molecule has 12 nitrogen and oxygen atoms in total. The Kier molecular flexibility index (Phi) is 10.9. The molecule has 4 heterocycles. The van der Waals surface area contributed by atoms with Crippen LogP contribution in [0, 0.1) is 23.7 Å². The zero-order chi connectivity index (χ0) is 39.6. The standard InChI is InChI=1S/C31H34N6O3.C14H18N2O/c1-17(2)28(36-31(39)40-4)30(38)37-11-5-6-27(37)29-33-15-26(35-29)20-8-10-22-21-9-7-19(25-14-32-16-34-25)12-23(21)18(3)24(22)13-20;17-14(13-7-10-3-4-12(13)6-10)16-9-11-2-1-5-15-8-11/h7-10,12-18,27-28H,5-6,11H2,1-4H3,(H,32,34)(H,33,35)(H,36,39);1-2,5,8,10,12-13H,3-4,6-7,9H2,(H,16,17)/t;10?,12?,13-/m.0/s1. The van der Waals surface area contributed by atoms with E-state index in [2.05, 4.69) is 73.9 Å². The van der Waals surface area contributed by atoms with Crippen LogP contribution in [0.5, 0.6) is 0 Å². The third kappa shape index (κ3) is 7.82. The van der Waals surface area contributed by atoms with E-state index >= 15 is 0 Å². The number of nitrogens with zero attached hydrogens (tertiary/aromatic N) is 4. The minimum Gasteiger partial charge on any atom is -0.453 e. The number of nitrogens with one attached hydrogen (secondary N) is 4. The number of amides is 3. The Morgan fingerprint density at radius 3 is 2.33 bits per heavy atom. The number of methoxy groups -OCH3 is 1. The molecule has 0 radical (unpaired) electrons. The third-order valence-corrected chi connectivity index (χ3v) is 12.5. The second-order valence-electron chi connectivity index (χ2n) is 16.4. The predicted octanol–water partition coefficient (Wildman–Crippen LogP) is 7.78. The lowest BCUT2D eigenvalue weighted by Gasteiger charge is -2.30. The van der Waals surface area contributed by atoms with Gasteiger partial charge in [0, 0.05) is 37.3 Å². The van der Waals surface area contributed by atoms with Crippen LogP contribution in [0.4, 0.5) is 4.79 Å². The molecular formula is C45H52N8O4. The fraction of sp³-hybridized carbons (Fsp3) is 0.422. The van der Waals surface area contributed by atoms with Crippen molar-refractivity contribution in [2.24, 2.45) is 23.7 Å². The highest BCUT2D eigenvalue weighted by Gasteiger charge is 2.43. The molecule has 1 aliphatic heterocycles. The predicted molar refractivity (Wildman–Crippen MR) is 217 cm³/mol. The van der Waals surface area contributed by atoms with Gasteiger partial charge < -0.3 is 30.2 Å². The van der Waals surface area contributed by atoms with E-state index < -0.39 is 12.1 Å². The van der Waals surface area contributed by atoms with Crippen molar-refractivity contribution in [1.82, 2.24) is 40.5 Å². The molecule has 6 atom stereocenters. The number of benzene rings is 2. The molecule has 0 spiro atoms. The van der Waals surface area contributed by atoms with Crippen molar-refractivity contribution < 1.29 is 19.1 Å². The van der Waals surface area contributed by atoms with Gasteiger partial charge in [-0.25, -0.2) is 14.8 Å². The summed E-state index contributed by atoms with van der Waals surface area (Å²) in [6.45, 7) is 7.32. The molecule has 9 rings (SSSR count). The summed E-state index contributed by atoms with van der Waals surface area (Å²) in [5.41, 5.74) is 10.3. The first-order valence-electron chi connectivity index (χ1n) is 20.3. The van der Waals surface area contributed by atoms with Gasteiger partial charge in [0.25, 0.3) is 0 Å². The van der Waals surface area contributed by atoms with Crippen LogP contribution in [-0.4, -0.2) is 67.4 Å². The molecule has 296 valence electrons. The first kappa shape index (κ1) is 38.1. The van der Waals surface area contributed by atoms with Crippen LogP contribution in [0.2, 0.25) is 0 Å². The maximum absolute atomic E-state index is 13.5. The third-order valence-electron chi connectivity index (χ3n) is 12.5. The zero-order valence-corrected chi connectivity index (χ0v) is 33.1. The van der Waals surface area contributed by atoms with Gasteiger partial charge in [-0.05, 0) is 107 Å². The Hall–Kier alpha value is -5.78. The van der Waals surface area contributed by atoms with Crippen molar-refractivity contribution in [2.75, 3.05) is 13.7 Å². The van der Waals surface area contributed by atoms with Gasteiger partial charge >= 0.3 is 6.09 Å². The molecule has 2 bridgehead atoms. The van der Waals surface area contributed by atoms with Gasteiger partial charge in [-0.15, -0.1) is 0 Å². The number of ether oxygens (including phenoxy) is 1. The average molecular weight is 769 g/mol. The highest BCUT2D eigenvalue weighted by atomic mass is 16.5. The molecular weight excluding hydrogens is 717 g/mol. The van der Waals surface area contributed by atoms with Gasteiger partial charge in [0.05, 0.1) is 43.3 Å². The first-order chi connectivity index (χ1) is 27.7. The molecule has 3 aromatic heterocycles. The summed E-state index contributed by atoms with van der Waals surface area (Å²) in [6, 6.07) is 16.2. The number of rotatable bonds is 9. The van der Waals surface area contributed by atoms with E-state index in [0.29, 0.717) is 19.0 Å². The summed E-state index contributed by atoms with van der Waals surface area (Å²) in [4.78, 5) is 58.9. The van der Waals surface area contributed by atoms with E-state index in [1.807, 2.05) is 43.3 Å². The van der Waals surface area contributed by atoms with Crippen molar-refractivity contribution >= 4 is 17.9 Å². The Bertz CT molecular complexity index is 2220. The van der Waals surface area contributed by atoms with E-state index in [1.54, 1.807) is 18.7 Å². The molecule has 1 saturated heterocycles. The van der Waals surface area contributed by atoms with Gasteiger partial charge in [-0.1, -0.05) is 57.5 Å². The van der Waals surface area contributed by atoms with E-state index in [-0.39, 0.29) is 35.6 Å². The van der Waals surface area contributed by atoms with Crippen LogP contribution < -0.4 is 10.6 Å². The van der Waals surface area contributed by atoms with Crippen molar-refractivity contribution in [2.45, 2.75) is 83.8 Å². The van der Waals surface area contributed by atoms with Crippen LogP contribution in [-0.2, 0) is 20.9 Å². The molecule has 2 aromatic carbocycles. The molecule has 4 N–H and O–H groups in total. The molecule has 57 heavy (non-hydrogen) atoms. The van der Waals surface area contributed by atoms with Gasteiger partial charge in [0.1, 0.15) is 11.9 Å². The number of likely N-dealkylation sites (tertiary alicyclic amines) is 1. The fourth-order valence-corrected chi connectivity index (χ4v) is 9.48. The highest BCUT2D eigenvalue weighted by Crippen LogP contribution is 2.49. The number of pyridine rings is 1. The Balaban J connectivity index is 0.000000222. The summed E-state index contributed by atoms with van der Waals surface area (Å²) in [5, 5.41) is 5.75. The van der Waals surface area contributed by atoms with Crippen LogP contribution in [0.1, 0.15) is 93.8 Å². The Morgan fingerprint density at radius 1 is 0.930 bits per heavy atom. The van der Waals surface area contributed by atoms with Gasteiger partial charge in [-0.3, -0.25) is 14.6 Å². The number of carbonyl (C=O) groups excluding carboxylic acids is 3. The normalized spacial score (nSPS) is 22.1. The molecule has 2 saturated carbocycles. The van der Waals surface area contributed by atoms with Crippen LogP contribution >= 0.6 is 0 Å². The van der Waals surface area contributed by atoms with Gasteiger partial charge in [0.2, 0.25) is 11.8 Å². The number of hydrogen-bond donors (Lipinski definition) is 4. The lowest BCUT2D eigenvalue weighted by Crippen LogP contribution is -2.51. The highest BCUT2D eigenvalue weighted by molar-refractivity contribution is 5.87. The summed E-state index contributed by atoms with van der Waals surface area (Å²) in [7, 11) is 1.30. The summed E-state index contributed by atoms with van der Waals surface area (Å²) >= 11 is 0. The molecule has 3 aliphatic carbocycles. The second-order valence-corrected chi connectivity index (χ2v) is 16.4. The number of aromatic amines is 2. The first-order valence-corrected chi connectivity index (χ1v) is 20.3. The number of hydrogen-bond acceptors (Lipinski definition) is 7. The van der Waals surface area contributed by atoms with E-state index in [1.165, 1.54) is 48.6 Å². The minimum absolute atomic E-state index is 0.0758. The number of alkyl carbamates (subject to hydrolysis) is 1. The zero-order valence-electron chi connectivity index (χ0n) is 33.1. The number of H-pyrrole nitrogens is 2. The second kappa shape index (κ2) is 16.4. The summed E-state index contributed by atoms with van der Waals surface area (Å²) in [6.07, 6.45) is 15.1. The summed E-state index contributed by atoms with van der Waals surface area (Å²) < 4.78 is 4.75. The molecule has 3 fully saturated rings. The van der Waals surface area contributed by atoms with E-state index in [4.69, 9.17) is 9.72 Å². The number of imidazole rings is 2. The lowest BCUT2D eigenvalue weighted by molar-refractivity contribution is -0.135. The Labute approximate surface area is 333 Å². The van der Waals surface area contributed by atoms with Crippen LogP contribution in [0.25, 0.3) is 33.6 Å². The lowest BCUT2D eigenvalue weighted by atomic mass is 9.88. The SMILES string of the molecule is COC(=O)NC(C(=O)N1CCCC1c1ncc(-c2ccc3c(c2)C(C)c2cc(-c4cnc[nH]4)ccc2-3)[nH]1)C(C)C.O=C(NCc1cccnc1)[C@H]1CC2CCC1C2. The van der Waals surface area contributed by atoms with Gasteiger partial charge in [0.15, 0.2) is 0 Å². The average Bonchev–Trinajstić information content (AvgIpc) is 4.10. The molecule has 12 heteroatoms. The fourth-order valence-electron chi connectivity index (χ4n) is 9.48. The quantitative estimate of drug-likeness (QED) is 0.119. The number of fused-ring (bicyclic) bond motifs is 5. The van der Waals surface area contributed by atoms with Crippen molar-refractivity contribution in [3.05, 3.63) is 102 Å². The smallest absolute Gasteiger partial charge is 0.407 e. The van der Waals surface area contributed by atoms with Crippen molar-refractivity contribution in [3.8, 4) is 33.6 Å². The van der Waals surface area contributed by atoms with Crippen LogP contribution in [0.15, 0.2) is 79.6 Å². The maximum atomic E-state index is 13.5. The largest absolute Gasteiger partial charge is 0.453 e.